The molecule has 0 radical (unpaired) electrons. The molecule has 32 valence electrons. The molecule has 0 aliphatic heterocycles. The highest BCUT2D eigenvalue weighted by molar-refractivity contribution is 6.64. The van der Waals surface area contributed by atoms with E-state index in [1.165, 1.54) is 0 Å². The Hall–Kier alpha value is 0.797. The Labute approximate surface area is 44.9 Å². The Bertz CT molecular complexity index is 23.1. The van der Waals surface area contributed by atoms with Crippen LogP contribution < -0.4 is 0 Å². The third-order valence-corrected chi connectivity index (χ3v) is 0. The van der Waals surface area contributed by atoms with Gasteiger partial charge in [0, 0.05) is 10.2 Å². The van der Waals surface area contributed by atoms with Crippen LogP contribution in [0.15, 0.2) is 0 Å². The molecule has 0 unspecified atom stereocenters. The minimum Gasteiger partial charge on any atom is -0.107 e. The molecule has 0 nitrogen and oxygen atoms in total. The highest BCUT2D eigenvalue weighted by Crippen LogP contribution is 2.11. The van der Waals surface area contributed by atoms with Crippen LogP contribution in [0, 0.1) is 0 Å². The van der Waals surface area contributed by atoms with E-state index in [0.717, 1.165) is 10.2 Å². The molecule has 0 bridgehead atoms. The average Bonchev–Trinajstić information content (AvgIpc) is 0.722. The highest BCUT2D eigenvalue weighted by atomic mass is 35.5. The van der Waals surface area contributed by atoms with Crippen molar-refractivity contribution < 1.29 is 0 Å². The van der Waals surface area contributed by atoms with Gasteiger partial charge in [0.1, 0.15) is 0 Å². The molecule has 0 fully saturated rings. The van der Waals surface area contributed by atoms with Crippen molar-refractivity contribution in [3.05, 3.63) is 0 Å². The van der Waals surface area contributed by atoms with Crippen molar-refractivity contribution in [1.82, 2.24) is 0 Å². The van der Waals surface area contributed by atoms with E-state index in [1.807, 2.05) is 0 Å². The van der Waals surface area contributed by atoms with E-state index in [9.17, 15) is 0 Å². The average molecular weight is 129 g/mol. The van der Waals surface area contributed by atoms with E-state index in [0.29, 0.717) is 0 Å². The fourth-order valence-electron chi connectivity index (χ4n) is 0. The van der Waals surface area contributed by atoms with Crippen LogP contribution >= 0.6 is 23.2 Å². The first-order valence-corrected chi connectivity index (χ1v) is 3.13. The lowest BCUT2D eigenvalue weighted by atomic mass is 10.9. The lowest BCUT2D eigenvalue weighted by molar-refractivity contribution is 1.27. The van der Waals surface area contributed by atoms with Gasteiger partial charge in [0.15, 0.2) is 0 Å². The summed E-state index contributed by atoms with van der Waals surface area (Å²) < 4.78 is -0.417. The number of rotatable bonds is 0. The zero-order chi connectivity index (χ0) is 4.50. The fraction of sp³-hybridized carbons (Fsp3) is 1.00. The third-order valence-electron chi connectivity index (χ3n) is 0. The number of alkyl halides is 2. The molecule has 3 heteroatoms. The lowest BCUT2D eigenvalue weighted by Crippen LogP contribution is -2.02. The normalized spacial score (nSPS) is 12.6. The minimum absolute atomic E-state index is 0.417. The second kappa shape index (κ2) is 1.50. The fourth-order valence-corrected chi connectivity index (χ4v) is 0. The first-order valence-electron chi connectivity index (χ1n) is 1.38. The van der Waals surface area contributed by atoms with Crippen LogP contribution in [0.2, 0.25) is 0 Å². The van der Waals surface area contributed by atoms with Crippen LogP contribution in [0.1, 0.15) is 6.92 Å². The Balaban J connectivity index is 3.02. The molecular weight excluding hydrogens is 123 g/mol. The maximum absolute atomic E-state index is 5.36. The second-order valence-corrected chi connectivity index (χ2v) is 6.68. The minimum atomic E-state index is -0.417. The standard InChI is InChI=1S/C2H6Cl2Si/c1-2(3,4)5/h1,5H3. The molecule has 0 spiro atoms. The predicted octanol–water partition coefficient (Wildman–Crippen LogP) is 0.503. The van der Waals surface area contributed by atoms with Gasteiger partial charge in [-0.25, -0.2) is 0 Å². The van der Waals surface area contributed by atoms with Crippen molar-refractivity contribution in [2.75, 3.05) is 0 Å². The van der Waals surface area contributed by atoms with E-state index in [4.69, 9.17) is 23.2 Å². The van der Waals surface area contributed by atoms with Crippen molar-refractivity contribution in [3.8, 4) is 0 Å². The maximum Gasteiger partial charge on any atom is 0.0945 e. The zero-order valence-corrected chi connectivity index (χ0v) is 6.77. The molecule has 0 aromatic rings. The van der Waals surface area contributed by atoms with Gasteiger partial charge >= 0.3 is 0 Å². The first-order chi connectivity index (χ1) is 2.00. The van der Waals surface area contributed by atoms with E-state index in [2.05, 4.69) is 0 Å². The molecule has 0 saturated carbocycles. The molecular formula is C2H6Cl2Si. The Morgan fingerprint density at radius 3 is 1.60 bits per heavy atom. The Kier molecular flexibility index (Phi) is 1.74. The first kappa shape index (κ1) is 5.80. The summed E-state index contributed by atoms with van der Waals surface area (Å²) in [5.41, 5.74) is 0. The van der Waals surface area contributed by atoms with Gasteiger partial charge in [-0.05, 0) is 6.92 Å². The smallest absolute Gasteiger partial charge is 0.0945 e. The van der Waals surface area contributed by atoms with Crippen LogP contribution in [-0.2, 0) is 0 Å². The summed E-state index contributed by atoms with van der Waals surface area (Å²) in [6, 6.07) is 0. The summed E-state index contributed by atoms with van der Waals surface area (Å²) >= 11 is 10.7. The van der Waals surface area contributed by atoms with Gasteiger partial charge < -0.3 is 0 Å². The molecule has 0 aliphatic carbocycles. The lowest BCUT2D eigenvalue weighted by Gasteiger charge is -1.98. The number of hydrogen-bond donors (Lipinski definition) is 0. The highest BCUT2D eigenvalue weighted by Gasteiger charge is 2.03. The van der Waals surface area contributed by atoms with Gasteiger partial charge in [0.05, 0.1) is 3.96 Å². The number of halogens is 2. The van der Waals surface area contributed by atoms with Crippen molar-refractivity contribution in [2.45, 2.75) is 10.9 Å². The van der Waals surface area contributed by atoms with E-state index < -0.39 is 3.96 Å². The molecule has 0 rings (SSSR count). The van der Waals surface area contributed by atoms with Gasteiger partial charge in [-0.1, -0.05) is 0 Å². The summed E-state index contributed by atoms with van der Waals surface area (Å²) in [7, 11) is 0.839. The second-order valence-electron chi connectivity index (χ2n) is 1.33. The third kappa shape index (κ3) is 59.1. The molecule has 0 amide bonds. The quantitative estimate of drug-likeness (QED) is 0.330. The van der Waals surface area contributed by atoms with Crippen molar-refractivity contribution in [2.24, 2.45) is 0 Å². The molecule has 0 aromatic heterocycles. The van der Waals surface area contributed by atoms with Crippen LogP contribution in [0.3, 0.4) is 0 Å². The van der Waals surface area contributed by atoms with E-state index in [1.54, 1.807) is 6.92 Å². The topological polar surface area (TPSA) is 0 Å². The molecule has 0 aliphatic rings. The maximum atomic E-state index is 5.36. The predicted molar refractivity (Wildman–Crippen MR) is 30.0 cm³/mol. The molecule has 0 atom stereocenters. The molecule has 0 heterocycles. The monoisotopic (exact) mass is 128 g/mol. The molecule has 0 aromatic carbocycles. The SMILES string of the molecule is CC([SiH3])(Cl)Cl. The van der Waals surface area contributed by atoms with E-state index >= 15 is 0 Å². The summed E-state index contributed by atoms with van der Waals surface area (Å²) in [5.74, 6) is 0. The number of hydrogen-bond acceptors (Lipinski definition) is 0. The Morgan fingerprint density at radius 2 is 1.60 bits per heavy atom. The van der Waals surface area contributed by atoms with Crippen molar-refractivity contribution >= 4 is 33.4 Å². The summed E-state index contributed by atoms with van der Waals surface area (Å²) in [6.45, 7) is 1.78. The van der Waals surface area contributed by atoms with Crippen LogP contribution in [-0.4, -0.2) is 14.2 Å². The molecule has 0 N–H and O–H groups in total. The van der Waals surface area contributed by atoms with Crippen LogP contribution in [0.4, 0.5) is 0 Å². The summed E-state index contributed by atoms with van der Waals surface area (Å²) in [4.78, 5) is 0. The van der Waals surface area contributed by atoms with Crippen molar-refractivity contribution in [1.29, 1.82) is 0 Å². The summed E-state index contributed by atoms with van der Waals surface area (Å²) in [6.07, 6.45) is 0. The van der Waals surface area contributed by atoms with Gasteiger partial charge in [-0.2, -0.15) is 0 Å². The van der Waals surface area contributed by atoms with Gasteiger partial charge in [0.25, 0.3) is 0 Å². The van der Waals surface area contributed by atoms with Gasteiger partial charge in [0.2, 0.25) is 0 Å². The molecule has 0 saturated heterocycles. The van der Waals surface area contributed by atoms with Gasteiger partial charge in [-0.15, -0.1) is 23.2 Å². The van der Waals surface area contributed by atoms with Crippen LogP contribution in [0.5, 0.6) is 0 Å². The van der Waals surface area contributed by atoms with Crippen LogP contribution in [0.25, 0.3) is 0 Å². The van der Waals surface area contributed by atoms with E-state index in [-0.39, 0.29) is 0 Å². The Morgan fingerprint density at radius 1 is 1.60 bits per heavy atom. The largest absolute Gasteiger partial charge is 0.107 e. The van der Waals surface area contributed by atoms with Crippen molar-refractivity contribution in [3.63, 3.8) is 0 Å². The van der Waals surface area contributed by atoms with Gasteiger partial charge in [-0.3, -0.25) is 0 Å². The zero-order valence-electron chi connectivity index (χ0n) is 3.26. The molecule has 5 heavy (non-hydrogen) atoms. The summed E-state index contributed by atoms with van der Waals surface area (Å²) in [5, 5.41) is 0.